The molecule has 0 spiro atoms. The Balaban J connectivity index is 2.43. The zero-order chi connectivity index (χ0) is 15.6. The van der Waals surface area contributed by atoms with Gasteiger partial charge in [0.2, 0.25) is 0 Å². The molecule has 1 aromatic heterocycles. The quantitative estimate of drug-likeness (QED) is 0.806. The first-order valence-electron chi connectivity index (χ1n) is 5.78. The van der Waals surface area contributed by atoms with Crippen LogP contribution in [0.25, 0.3) is 0 Å². The minimum atomic E-state index is -3.89. The smallest absolute Gasteiger partial charge is 0.335 e. The number of nitrogens with zero attached hydrogens (tertiary/aromatic N) is 1. The summed E-state index contributed by atoms with van der Waals surface area (Å²) in [6, 6.07) is 7.07. The fourth-order valence-electron chi connectivity index (χ4n) is 1.66. The standard InChI is InChI=1S/C13H11BrN2O4S/c1-8-4-5-9(7-10(8)13(17)18)21(19,20)16-11-3-2-6-15-12(11)14/h2-7,16H,1H3,(H,17,18). The third kappa shape index (κ3) is 3.40. The maximum Gasteiger partial charge on any atom is 0.335 e. The molecular formula is C13H11BrN2O4S. The zero-order valence-corrected chi connectivity index (χ0v) is 13.3. The number of carbonyl (C=O) groups is 1. The molecule has 0 unspecified atom stereocenters. The fourth-order valence-corrected chi connectivity index (χ4v) is 3.24. The van der Waals surface area contributed by atoms with E-state index in [1.165, 1.54) is 18.3 Å². The Morgan fingerprint density at radius 1 is 1.33 bits per heavy atom. The fraction of sp³-hybridized carbons (Fsp3) is 0.0769. The molecule has 0 aliphatic carbocycles. The molecule has 2 rings (SSSR count). The predicted octanol–water partition coefficient (Wildman–Crippen LogP) is 2.65. The minimum Gasteiger partial charge on any atom is -0.478 e. The van der Waals surface area contributed by atoms with Gasteiger partial charge in [-0.1, -0.05) is 6.07 Å². The molecule has 0 amide bonds. The summed E-state index contributed by atoms with van der Waals surface area (Å²) in [6.45, 7) is 1.60. The number of aromatic carboxylic acids is 1. The molecule has 0 radical (unpaired) electrons. The van der Waals surface area contributed by atoms with Gasteiger partial charge in [-0.25, -0.2) is 18.2 Å². The van der Waals surface area contributed by atoms with Gasteiger partial charge in [-0.2, -0.15) is 0 Å². The maximum absolute atomic E-state index is 12.3. The van der Waals surface area contributed by atoms with E-state index in [0.717, 1.165) is 6.07 Å². The molecule has 6 nitrogen and oxygen atoms in total. The van der Waals surface area contributed by atoms with Gasteiger partial charge in [0.05, 0.1) is 16.1 Å². The first-order valence-corrected chi connectivity index (χ1v) is 8.06. The number of sulfonamides is 1. The van der Waals surface area contributed by atoms with Crippen LogP contribution in [0.3, 0.4) is 0 Å². The molecular weight excluding hydrogens is 360 g/mol. The highest BCUT2D eigenvalue weighted by molar-refractivity contribution is 9.10. The number of aryl methyl sites for hydroxylation is 1. The van der Waals surface area contributed by atoms with Crippen molar-refractivity contribution in [1.82, 2.24) is 4.98 Å². The van der Waals surface area contributed by atoms with Crippen molar-refractivity contribution in [2.45, 2.75) is 11.8 Å². The number of nitrogens with one attached hydrogen (secondary N) is 1. The van der Waals surface area contributed by atoms with Crippen LogP contribution in [0, 0.1) is 6.92 Å². The van der Waals surface area contributed by atoms with Crippen molar-refractivity contribution in [3.05, 3.63) is 52.3 Å². The number of pyridine rings is 1. The molecule has 0 atom stereocenters. The monoisotopic (exact) mass is 370 g/mol. The molecule has 1 aromatic carbocycles. The molecule has 0 fully saturated rings. The normalized spacial score (nSPS) is 11.1. The Hall–Kier alpha value is -1.93. The van der Waals surface area contributed by atoms with Crippen molar-refractivity contribution >= 4 is 37.6 Å². The number of aromatic nitrogens is 1. The summed E-state index contributed by atoms with van der Waals surface area (Å²) in [7, 11) is -3.89. The number of halogens is 1. The molecule has 0 aliphatic heterocycles. The van der Waals surface area contributed by atoms with Gasteiger partial charge in [0.1, 0.15) is 4.60 Å². The predicted molar refractivity (Wildman–Crippen MR) is 80.9 cm³/mol. The number of rotatable bonds is 4. The lowest BCUT2D eigenvalue weighted by atomic mass is 10.1. The number of carboxylic acids is 1. The van der Waals surface area contributed by atoms with Crippen molar-refractivity contribution in [2.75, 3.05) is 4.72 Å². The minimum absolute atomic E-state index is 0.0527. The van der Waals surface area contributed by atoms with Crippen molar-refractivity contribution in [2.24, 2.45) is 0 Å². The van der Waals surface area contributed by atoms with Crippen LogP contribution in [0.4, 0.5) is 5.69 Å². The van der Waals surface area contributed by atoms with Crippen LogP contribution >= 0.6 is 15.9 Å². The second-order valence-electron chi connectivity index (χ2n) is 4.23. The molecule has 0 bridgehead atoms. The summed E-state index contributed by atoms with van der Waals surface area (Å²) in [5, 5.41) is 9.06. The number of carboxylic acid groups (broad SMARTS) is 1. The summed E-state index contributed by atoms with van der Waals surface area (Å²) in [4.78, 5) is 14.9. The Kier molecular flexibility index (Phi) is 4.29. The Labute approximate surface area is 130 Å². The Bertz CT molecular complexity index is 806. The lowest BCUT2D eigenvalue weighted by Crippen LogP contribution is -2.14. The maximum atomic E-state index is 12.3. The largest absolute Gasteiger partial charge is 0.478 e. The van der Waals surface area contributed by atoms with Crippen molar-refractivity contribution in [1.29, 1.82) is 0 Å². The van der Waals surface area contributed by atoms with Crippen molar-refractivity contribution in [3.63, 3.8) is 0 Å². The van der Waals surface area contributed by atoms with Crippen LogP contribution in [-0.4, -0.2) is 24.5 Å². The summed E-state index contributed by atoms with van der Waals surface area (Å²) in [5.41, 5.74) is 0.710. The highest BCUT2D eigenvalue weighted by Crippen LogP contribution is 2.23. The van der Waals surface area contributed by atoms with E-state index in [2.05, 4.69) is 25.6 Å². The Morgan fingerprint density at radius 3 is 2.67 bits per heavy atom. The van der Waals surface area contributed by atoms with Gasteiger partial charge in [0.25, 0.3) is 10.0 Å². The van der Waals surface area contributed by atoms with E-state index in [1.807, 2.05) is 0 Å². The molecule has 110 valence electrons. The highest BCUT2D eigenvalue weighted by atomic mass is 79.9. The molecule has 8 heteroatoms. The zero-order valence-electron chi connectivity index (χ0n) is 10.9. The van der Waals surface area contributed by atoms with Crippen molar-refractivity contribution < 1.29 is 18.3 Å². The van der Waals surface area contributed by atoms with E-state index in [0.29, 0.717) is 10.2 Å². The van der Waals surface area contributed by atoms with E-state index in [-0.39, 0.29) is 16.1 Å². The molecule has 21 heavy (non-hydrogen) atoms. The van der Waals surface area contributed by atoms with Crippen LogP contribution in [0.5, 0.6) is 0 Å². The first-order chi connectivity index (χ1) is 9.81. The van der Waals surface area contributed by atoms with Gasteiger partial charge < -0.3 is 5.11 Å². The molecule has 0 aliphatic rings. The third-order valence-electron chi connectivity index (χ3n) is 2.75. The molecule has 1 heterocycles. The van der Waals surface area contributed by atoms with Crippen LogP contribution in [0.1, 0.15) is 15.9 Å². The summed E-state index contributed by atoms with van der Waals surface area (Å²) in [5.74, 6) is -1.17. The molecule has 0 saturated carbocycles. The highest BCUT2D eigenvalue weighted by Gasteiger charge is 2.18. The van der Waals surface area contributed by atoms with Gasteiger partial charge in [-0.3, -0.25) is 4.72 Å². The topological polar surface area (TPSA) is 96.4 Å². The Morgan fingerprint density at radius 2 is 2.05 bits per heavy atom. The number of hydrogen-bond donors (Lipinski definition) is 2. The summed E-state index contributed by atoms with van der Waals surface area (Å²) < 4.78 is 27.3. The number of anilines is 1. The van der Waals surface area contributed by atoms with E-state index >= 15 is 0 Å². The lowest BCUT2D eigenvalue weighted by Gasteiger charge is -2.10. The van der Waals surface area contributed by atoms with Crippen LogP contribution in [0.15, 0.2) is 46.0 Å². The second kappa shape index (κ2) is 5.82. The average molecular weight is 371 g/mol. The van der Waals surface area contributed by atoms with E-state index in [4.69, 9.17) is 5.11 Å². The van der Waals surface area contributed by atoms with E-state index in [1.54, 1.807) is 19.1 Å². The van der Waals surface area contributed by atoms with Gasteiger partial charge in [0, 0.05) is 6.20 Å². The molecule has 0 saturated heterocycles. The first kappa shape index (κ1) is 15.5. The van der Waals surface area contributed by atoms with E-state index in [9.17, 15) is 13.2 Å². The van der Waals surface area contributed by atoms with Crippen molar-refractivity contribution in [3.8, 4) is 0 Å². The number of benzene rings is 1. The molecule has 2 aromatic rings. The third-order valence-corrected chi connectivity index (χ3v) is 4.75. The number of hydrogen-bond acceptors (Lipinski definition) is 4. The average Bonchev–Trinajstić information content (AvgIpc) is 2.41. The van der Waals surface area contributed by atoms with Gasteiger partial charge in [-0.05, 0) is 52.7 Å². The van der Waals surface area contributed by atoms with E-state index < -0.39 is 16.0 Å². The van der Waals surface area contributed by atoms with Gasteiger partial charge in [0.15, 0.2) is 0 Å². The SMILES string of the molecule is Cc1ccc(S(=O)(=O)Nc2cccnc2Br)cc1C(=O)O. The van der Waals surface area contributed by atoms with Crippen LogP contribution < -0.4 is 4.72 Å². The summed E-state index contributed by atoms with van der Waals surface area (Å²) >= 11 is 3.14. The lowest BCUT2D eigenvalue weighted by molar-refractivity contribution is 0.0696. The molecule has 2 N–H and O–H groups in total. The summed E-state index contributed by atoms with van der Waals surface area (Å²) in [6.07, 6.45) is 1.51. The van der Waals surface area contributed by atoms with Gasteiger partial charge >= 0.3 is 5.97 Å². The van der Waals surface area contributed by atoms with Crippen LogP contribution in [-0.2, 0) is 10.0 Å². The van der Waals surface area contributed by atoms with Gasteiger partial charge in [-0.15, -0.1) is 0 Å². The second-order valence-corrected chi connectivity index (χ2v) is 6.66. The van der Waals surface area contributed by atoms with Crippen LogP contribution in [0.2, 0.25) is 0 Å².